The fourth-order valence-corrected chi connectivity index (χ4v) is 3.03. The van der Waals surface area contributed by atoms with E-state index in [4.69, 9.17) is 21.1 Å². The second kappa shape index (κ2) is 7.33. The Kier molecular flexibility index (Phi) is 5.72. The number of hydrogen-bond donors (Lipinski definition) is 1. The molecule has 1 aromatic rings. The van der Waals surface area contributed by atoms with E-state index in [2.05, 4.69) is 5.32 Å². The van der Waals surface area contributed by atoms with Crippen molar-refractivity contribution in [2.24, 2.45) is 0 Å². The van der Waals surface area contributed by atoms with E-state index in [0.29, 0.717) is 49.2 Å². The molecule has 0 saturated carbocycles. The van der Waals surface area contributed by atoms with Crippen molar-refractivity contribution in [3.05, 3.63) is 22.7 Å². The molecule has 0 aromatic heterocycles. The summed E-state index contributed by atoms with van der Waals surface area (Å²) < 4.78 is 33.2. The van der Waals surface area contributed by atoms with E-state index in [1.54, 1.807) is 0 Å². The first-order valence-corrected chi connectivity index (χ1v) is 9.36. The van der Waals surface area contributed by atoms with Crippen molar-refractivity contribution in [3.63, 3.8) is 0 Å². The number of benzene rings is 1. The van der Waals surface area contributed by atoms with Crippen LogP contribution in [0.3, 0.4) is 0 Å². The van der Waals surface area contributed by atoms with Crippen LogP contribution in [0.4, 0.5) is 0 Å². The SMILES string of the molecule is CS(=O)(=O)CCCNCc1cc(Cl)c2c(c1)OCCCO2. The summed E-state index contributed by atoms with van der Waals surface area (Å²) in [6.45, 7) is 2.48. The van der Waals surface area contributed by atoms with Crippen LogP contribution in [0.25, 0.3) is 0 Å². The maximum atomic E-state index is 11.0. The number of ether oxygens (including phenoxy) is 2. The topological polar surface area (TPSA) is 64.6 Å². The third-order valence-corrected chi connectivity index (χ3v) is 4.37. The van der Waals surface area contributed by atoms with Crippen LogP contribution in [0.2, 0.25) is 5.02 Å². The Labute approximate surface area is 130 Å². The van der Waals surface area contributed by atoms with Gasteiger partial charge in [0.2, 0.25) is 0 Å². The Morgan fingerprint density at radius 2 is 2.05 bits per heavy atom. The Balaban J connectivity index is 1.89. The van der Waals surface area contributed by atoms with Crippen LogP contribution in [0, 0.1) is 0 Å². The summed E-state index contributed by atoms with van der Waals surface area (Å²) in [6.07, 6.45) is 2.68. The minimum absolute atomic E-state index is 0.196. The predicted octanol–water partition coefficient (Wildman–Crippen LogP) is 2.03. The lowest BCUT2D eigenvalue weighted by Gasteiger charge is -2.12. The fourth-order valence-electron chi connectivity index (χ4n) is 2.08. The molecule has 2 rings (SSSR count). The fraction of sp³-hybridized carbons (Fsp3) is 0.571. The van der Waals surface area contributed by atoms with Gasteiger partial charge in [0.15, 0.2) is 11.5 Å². The Bertz CT molecular complexity index is 589. The molecule has 0 bridgehead atoms. The zero-order chi connectivity index (χ0) is 15.3. The number of fused-ring (bicyclic) bond motifs is 1. The first kappa shape index (κ1) is 16.4. The van der Waals surface area contributed by atoms with Crippen molar-refractivity contribution in [1.29, 1.82) is 0 Å². The standard InChI is InChI=1S/C14H20ClNO4S/c1-21(17,18)7-2-4-16-10-11-8-12(15)14-13(9-11)19-5-3-6-20-14/h8-9,16H,2-7,10H2,1H3. The zero-order valence-corrected chi connectivity index (χ0v) is 13.6. The molecule has 1 heterocycles. The lowest BCUT2D eigenvalue weighted by Crippen LogP contribution is -2.18. The van der Waals surface area contributed by atoms with Crippen LogP contribution >= 0.6 is 11.6 Å². The summed E-state index contributed by atoms with van der Waals surface area (Å²) in [5.41, 5.74) is 0.989. The molecule has 0 spiro atoms. The zero-order valence-electron chi connectivity index (χ0n) is 12.0. The quantitative estimate of drug-likeness (QED) is 0.807. The first-order chi connectivity index (χ1) is 9.96. The van der Waals surface area contributed by atoms with E-state index in [0.717, 1.165) is 12.0 Å². The van der Waals surface area contributed by atoms with E-state index in [-0.39, 0.29) is 5.75 Å². The van der Waals surface area contributed by atoms with Crippen molar-refractivity contribution in [3.8, 4) is 11.5 Å². The van der Waals surface area contributed by atoms with Crippen LogP contribution in [-0.2, 0) is 16.4 Å². The van der Waals surface area contributed by atoms with E-state index in [9.17, 15) is 8.42 Å². The van der Waals surface area contributed by atoms with Gasteiger partial charge in [-0.25, -0.2) is 8.42 Å². The Morgan fingerprint density at radius 1 is 1.29 bits per heavy atom. The van der Waals surface area contributed by atoms with Crippen LogP contribution in [0.1, 0.15) is 18.4 Å². The normalized spacial score (nSPS) is 14.8. The average Bonchev–Trinajstić information content (AvgIpc) is 2.62. The van der Waals surface area contributed by atoms with Gasteiger partial charge in [0.1, 0.15) is 9.84 Å². The van der Waals surface area contributed by atoms with Crippen molar-refractivity contribution in [1.82, 2.24) is 5.32 Å². The van der Waals surface area contributed by atoms with Crippen LogP contribution in [0.5, 0.6) is 11.5 Å². The summed E-state index contributed by atoms with van der Waals surface area (Å²) in [4.78, 5) is 0. The second-order valence-corrected chi connectivity index (χ2v) is 7.78. The van der Waals surface area contributed by atoms with Gasteiger partial charge in [-0.3, -0.25) is 0 Å². The first-order valence-electron chi connectivity index (χ1n) is 6.92. The molecule has 7 heteroatoms. The second-order valence-electron chi connectivity index (χ2n) is 5.12. The van der Waals surface area contributed by atoms with Gasteiger partial charge in [-0.05, 0) is 30.7 Å². The third kappa shape index (κ3) is 5.37. The molecule has 5 nitrogen and oxygen atoms in total. The molecule has 0 radical (unpaired) electrons. The van der Waals surface area contributed by atoms with Gasteiger partial charge < -0.3 is 14.8 Å². The van der Waals surface area contributed by atoms with Crippen molar-refractivity contribution in [2.75, 3.05) is 31.8 Å². The molecule has 1 aliphatic rings. The number of rotatable bonds is 6. The van der Waals surface area contributed by atoms with Gasteiger partial charge in [-0.1, -0.05) is 11.6 Å². The van der Waals surface area contributed by atoms with Crippen LogP contribution < -0.4 is 14.8 Å². The lowest BCUT2D eigenvalue weighted by molar-refractivity contribution is 0.297. The molecule has 21 heavy (non-hydrogen) atoms. The monoisotopic (exact) mass is 333 g/mol. The molecule has 0 aliphatic carbocycles. The molecule has 1 aromatic carbocycles. The van der Waals surface area contributed by atoms with Gasteiger partial charge in [0.25, 0.3) is 0 Å². The molecule has 1 N–H and O–H groups in total. The molecule has 1 aliphatic heterocycles. The van der Waals surface area contributed by atoms with E-state index in [1.807, 2.05) is 12.1 Å². The van der Waals surface area contributed by atoms with Crippen molar-refractivity contribution < 1.29 is 17.9 Å². The highest BCUT2D eigenvalue weighted by molar-refractivity contribution is 7.90. The van der Waals surface area contributed by atoms with Gasteiger partial charge >= 0.3 is 0 Å². The van der Waals surface area contributed by atoms with Crippen LogP contribution in [0.15, 0.2) is 12.1 Å². The molecule has 118 valence electrons. The number of hydrogen-bond acceptors (Lipinski definition) is 5. The summed E-state index contributed by atoms with van der Waals surface area (Å²) in [5.74, 6) is 1.48. The Hall–Kier alpha value is -0.980. The summed E-state index contributed by atoms with van der Waals surface area (Å²) in [5, 5.41) is 3.75. The van der Waals surface area contributed by atoms with E-state index in [1.165, 1.54) is 6.26 Å². The smallest absolute Gasteiger partial charge is 0.179 e. The molecule has 0 fully saturated rings. The summed E-state index contributed by atoms with van der Waals surface area (Å²) in [6, 6.07) is 3.76. The number of sulfone groups is 1. The van der Waals surface area contributed by atoms with E-state index < -0.39 is 9.84 Å². The van der Waals surface area contributed by atoms with Crippen molar-refractivity contribution >= 4 is 21.4 Å². The Morgan fingerprint density at radius 3 is 2.81 bits per heavy atom. The molecular weight excluding hydrogens is 314 g/mol. The molecule has 0 amide bonds. The van der Waals surface area contributed by atoms with Crippen molar-refractivity contribution in [2.45, 2.75) is 19.4 Å². The largest absolute Gasteiger partial charge is 0.489 e. The van der Waals surface area contributed by atoms with Gasteiger partial charge in [0.05, 0.1) is 24.0 Å². The lowest BCUT2D eigenvalue weighted by atomic mass is 10.2. The maximum Gasteiger partial charge on any atom is 0.179 e. The van der Waals surface area contributed by atoms with Crippen LogP contribution in [-0.4, -0.2) is 40.2 Å². The maximum absolute atomic E-state index is 11.0. The average molecular weight is 334 g/mol. The summed E-state index contributed by atoms with van der Waals surface area (Å²) in [7, 11) is -2.89. The highest BCUT2D eigenvalue weighted by Gasteiger charge is 2.15. The highest BCUT2D eigenvalue weighted by Crippen LogP contribution is 2.37. The highest BCUT2D eigenvalue weighted by atomic mass is 35.5. The molecule has 0 atom stereocenters. The molecule has 0 saturated heterocycles. The van der Waals surface area contributed by atoms with Gasteiger partial charge in [0, 0.05) is 19.2 Å². The predicted molar refractivity (Wildman–Crippen MR) is 83.1 cm³/mol. The number of nitrogens with one attached hydrogen (secondary N) is 1. The minimum Gasteiger partial charge on any atom is -0.489 e. The van der Waals surface area contributed by atoms with Gasteiger partial charge in [-0.2, -0.15) is 0 Å². The molecular formula is C14H20ClNO4S. The number of halogens is 1. The van der Waals surface area contributed by atoms with E-state index >= 15 is 0 Å². The molecule has 0 unspecified atom stereocenters. The minimum atomic E-state index is -2.89. The summed E-state index contributed by atoms with van der Waals surface area (Å²) >= 11 is 6.21. The third-order valence-electron chi connectivity index (χ3n) is 3.06. The van der Waals surface area contributed by atoms with Gasteiger partial charge in [-0.15, -0.1) is 0 Å².